The fourth-order valence-electron chi connectivity index (χ4n) is 2.82. The monoisotopic (exact) mass is 303 g/mol. The number of aliphatic hydroxyl groups excluding tert-OH is 1. The fourth-order valence-corrected chi connectivity index (χ4v) is 5.54. The van der Waals surface area contributed by atoms with Crippen LogP contribution in [0.5, 0.6) is 0 Å². The Hall–Kier alpha value is -0.430. The predicted octanol–water partition coefficient (Wildman–Crippen LogP) is 2.28. The smallest absolute Gasteiger partial charge is 0.250 e. The highest BCUT2D eigenvalue weighted by Crippen LogP contribution is 2.34. The van der Waals surface area contributed by atoms with Gasteiger partial charge < -0.3 is 5.11 Å². The number of aryl methyl sites for hydroxylation is 1. The first kappa shape index (κ1) is 15.0. The molecule has 2 rings (SSSR count). The molecule has 0 saturated heterocycles. The van der Waals surface area contributed by atoms with Crippen LogP contribution < -0.4 is 4.72 Å². The molecule has 1 aliphatic carbocycles. The summed E-state index contributed by atoms with van der Waals surface area (Å²) in [6.45, 7) is 3.85. The van der Waals surface area contributed by atoms with Gasteiger partial charge in [0, 0.05) is 4.88 Å². The molecule has 4 nitrogen and oxygen atoms in total. The van der Waals surface area contributed by atoms with Crippen LogP contribution in [0.25, 0.3) is 0 Å². The molecule has 0 radical (unpaired) electrons. The molecule has 0 aliphatic heterocycles. The van der Waals surface area contributed by atoms with Crippen molar-refractivity contribution in [3.05, 3.63) is 17.0 Å². The molecule has 1 aliphatic rings. The Balaban J connectivity index is 2.22. The maximum absolute atomic E-state index is 12.4. The number of hydrogen-bond acceptors (Lipinski definition) is 4. The normalized spacial score (nSPS) is 28.5. The Morgan fingerprint density at radius 3 is 2.79 bits per heavy atom. The van der Waals surface area contributed by atoms with E-state index < -0.39 is 15.6 Å². The zero-order valence-electron chi connectivity index (χ0n) is 11.3. The second-order valence-electron chi connectivity index (χ2n) is 5.61. The molecule has 1 aromatic heterocycles. The van der Waals surface area contributed by atoms with Gasteiger partial charge in [-0.1, -0.05) is 19.8 Å². The van der Waals surface area contributed by atoms with Crippen LogP contribution >= 0.6 is 11.3 Å². The van der Waals surface area contributed by atoms with Gasteiger partial charge in [0.1, 0.15) is 4.21 Å². The molecule has 6 heteroatoms. The van der Waals surface area contributed by atoms with Crippen molar-refractivity contribution >= 4 is 21.4 Å². The minimum Gasteiger partial charge on any atom is -0.394 e. The van der Waals surface area contributed by atoms with Crippen molar-refractivity contribution in [3.63, 3.8) is 0 Å². The van der Waals surface area contributed by atoms with Crippen molar-refractivity contribution in [2.45, 2.75) is 49.3 Å². The number of nitrogens with one attached hydrogen (secondary N) is 1. The quantitative estimate of drug-likeness (QED) is 0.897. The van der Waals surface area contributed by atoms with E-state index in [0.717, 1.165) is 17.7 Å². The Kier molecular flexibility index (Phi) is 4.35. The van der Waals surface area contributed by atoms with Crippen molar-refractivity contribution in [3.8, 4) is 0 Å². The molecule has 0 amide bonds. The maximum Gasteiger partial charge on any atom is 0.250 e. The highest BCUT2D eigenvalue weighted by molar-refractivity contribution is 7.91. The summed E-state index contributed by atoms with van der Waals surface area (Å²) in [4.78, 5) is 0.968. The van der Waals surface area contributed by atoms with E-state index in [2.05, 4.69) is 11.6 Å². The van der Waals surface area contributed by atoms with E-state index in [1.807, 2.05) is 6.92 Å². The molecule has 1 heterocycles. The Bertz CT molecular complexity index is 538. The lowest BCUT2D eigenvalue weighted by Crippen LogP contribution is -2.53. The first-order valence-electron chi connectivity index (χ1n) is 6.58. The van der Waals surface area contributed by atoms with E-state index in [-0.39, 0.29) is 6.61 Å². The van der Waals surface area contributed by atoms with Crippen LogP contribution in [0.2, 0.25) is 0 Å². The molecule has 1 saturated carbocycles. The average molecular weight is 303 g/mol. The van der Waals surface area contributed by atoms with Crippen molar-refractivity contribution in [2.24, 2.45) is 5.92 Å². The zero-order valence-corrected chi connectivity index (χ0v) is 13.0. The van der Waals surface area contributed by atoms with Crippen LogP contribution in [-0.2, 0) is 10.0 Å². The second-order valence-corrected chi connectivity index (χ2v) is 8.81. The van der Waals surface area contributed by atoms with Crippen molar-refractivity contribution < 1.29 is 13.5 Å². The topological polar surface area (TPSA) is 66.4 Å². The maximum atomic E-state index is 12.4. The Morgan fingerprint density at radius 1 is 1.53 bits per heavy atom. The number of thiophene rings is 1. The third-order valence-electron chi connectivity index (χ3n) is 3.73. The van der Waals surface area contributed by atoms with Crippen LogP contribution in [0, 0.1) is 12.8 Å². The van der Waals surface area contributed by atoms with Gasteiger partial charge in [0.05, 0.1) is 12.1 Å². The van der Waals surface area contributed by atoms with Crippen LogP contribution in [0.3, 0.4) is 0 Å². The van der Waals surface area contributed by atoms with E-state index in [4.69, 9.17) is 0 Å². The van der Waals surface area contributed by atoms with E-state index >= 15 is 0 Å². The van der Waals surface area contributed by atoms with E-state index in [9.17, 15) is 13.5 Å². The van der Waals surface area contributed by atoms with Crippen molar-refractivity contribution in [1.82, 2.24) is 4.72 Å². The molecule has 0 spiro atoms. The van der Waals surface area contributed by atoms with E-state index in [0.29, 0.717) is 23.0 Å². The summed E-state index contributed by atoms with van der Waals surface area (Å²) in [5, 5.41) is 9.65. The van der Waals surface area contributed by atoms with Gasteiger partial charge in [0.15, 0.2) is 0 Å². The van der Waals surface area contributed by atoms with Crippen LogP contribution in [0.4, 0.5) is 0 Å². The number of aliphatic hydroxyl groups is 1. The fraction of sp³-hybridized carbons (Fsp3) is 0.692. The molecule has 2 unspecified atom stereocenters. The van der Waals surface area contributed by atoms with Gasteiger partial charge in [-0.15, -0.1) is 11.3 Å². The minimum absolute atomic E-state index is 0.138. The third kappa shape index (κ3) is 3.37. The van der Waals surface area contributed by atoms with Gasteiger partial charge >= 0.3 is 0 Å². The molecule has 1 aromatic rings. The van der Waals surface area contributed by atoms with Crippen LogP contribution in [-0.4, -0.2) is 25.7 Å². The first-order chi connectivity index (χ1) is 8.87. The molecule has 2 atom stereocenters. The lowest BCUT2D eigenvalue weighted by atomic mass is 9.78. The molecule has 0 bridgehead atoms. The summed E-state index contributed by atoms with van der Waals surface area (Å²) in [5.41, 5.74) is -0.686. The molecule has 2 N–H and O–H groups in total. The van der Waals surface area contributed by atoms with Gasteiger partial charge in [-0.25, -0.2) is 13.1 Å². The lowest BCUT2D eigenvalue weighted by molar-refractivity contribution is 0.120. The van der Waals surface area contributed by atoms with E-state index in [1.165, 1.54) is 11.3 Å². The lowest BCUT2D eigenvalue weighted by Gasteiger charge is -2.38. The van der Waals surface area contributed by atoms with Crippen molar-refractivity contribution in [2.75, 3.05) is 6.61 Å². The summed E-state index contributed by atoms with van der Waals surface area (Å²) in [7, 11) is -3.52. The highest BCUT2D eigenvalue weighted by atomic mass is 32.2. The number of rotatable bonds is 4. The Morgan fingerprint density at radius 2 is 2.26 bits per heavy atom. The molecule has 19 heavy (non-hydrogen) atoms. The average Bonchev–Trinajstić information content (AvgIpc) is 2.76. The minimum atomic E-state index is -3.52. The van der Waals surface area contributed by atoms with Gasteiger partial charge in [-0.3, -0.25) is 0 Å². The van der Waals surface area contributed by atoms with Gasteiger partial charge in [0.2, 0.25) is 0 Å². The molecular weight excluding hydrogens is 282 g/mol. The van der Waals surface area contributed by atoms with Gasteiger partial charge in [0.25, 0.3) is 10.0 Å². The largest absolute Gasteiger partial charge is 0.394 e. The first-order valence-corrected chi connectivity index (χ1v) is 8.88. The highest BCUT2D eigenvalue weighted by Gasteiger charge is 2.38. The van der Waals surface area contributed by atoms with Gasteiger partial charge in [-0.2, -0.15) is 0 Å². The summed E-state index contributed by atoms with van der Waals surface area (Å²) >= 11 is 1.26. The van der Waals surface area contributed by atoms with Crippen LogP contribution in [0.1, 0.15) is 37.5 Å². The molecule has 108 valence electrons. The number of sulfonamides is 1. The SMILES string of the molecule is Cc1ccc(S(=O)(=O)NC2(CO)CCCC(C)C2)s1. The summed E-state index contributed by atoms with van der Waals surface area (Å²) < 4.78 is 27.8. The molecule has 1 fully saturated rings. The second kappa shape index (κ2) is 5.52. The summed E-state index contributed by atoms with van der Waals surface area (Å²) in [6.07, 6.45) is 3.46. The third-order valence-corrected chi connectivity index (χ3v) is 6.80. The molecule has 0 aromatic carbocycles. The van der Waals surface area contributed by atoms with Crippen molar-refractivity contribution in [1.29, 1.82) is 0 Å². The standard InChI is InChI=1S/C13H21NO3S2/c1-10-4-3-7-13(8-10,9-15)14-19(16,17)12-6-5-11(2)18-12/h5-6,10,14-15H,3-4,7-9H2,1-2H3. The van der Waals surface area contributed by atoms with E-state index in [1.54, 1.807) is 12.1 Å². The zero-order chi connectivity index (χ0) is 14.1. The summed E-state index contributed by atoms with van der Waals surface area (Å²) in [6, 6.07) is 3.42. The molecular formula is C13H21NO3S2. The summed E-state index contributed by atoms with van der Waals surface area (Å²) in [5.74, 6) is 0.439. The Labute approximate surface area is 118 Å². The number of hydrogen-bond donors (Lipinski definition) is 2. The van der Waals surface area contributed by atoms with Gasteiger partial charge in [-0.05, 0) is 37.8 Å². The van der Waals surface area contributed by atoms with Crippen LogP contribution in [0.15, 0.2) is 16.3 Å². The predicted molar refractivity (Wildman–Crippen MR) is 76.8 cm³/mol.